The van der Waals surface area contributed by atoms with Gasteiger partial charge in [0.05, 0.1) is 16.4 Å². The molecule has 0 unspecified atom stereocenters. The third kappa shape index (κ3) is 1.28. The van der Waals surface area contributed by atoms with Gasteiger partial charge in [-0.1, -0.05) is 24.3 Å². The van der Waals surface area contributed by atoms with Crippen LogP contribution in [0, 0.1) is 0 Å². The van der Waals surface area contributed by atoms with E-state index in [1.807, 2.05) is 30.3 Å². The van der Waals surface area contributed by atoms with E-state index in [0.717, 1.165) is 25.6 Å². The molecule has 5 aromatic rings. The molecule has 4 nitrogen and oxygen atoms in total. The average molecular weight is 371 g/mol. The molecule has 0 aliphatic carbocycles. The molecule has 3 heterocycles. The van der Waals surface area contributed by atoms with Crippen LogP contribution in [0.1, 0.15) is 0 Å². The Morgan fingerprint density at radius 3 is 2.45 bits per heavy atom. The monoisotopic (exact) mass is 370 g/mol. The summed E-state index contributed by atoms with van der Waals surface area (Å²) in [5.74, 6) is 0. The highest BCUT2D eigenvalue weighted by molar-refractivity contribution is 9.10. The van der Waals surface area contributed by atoms with Crippen molar-refractivity contribution >= 4 is 58.5 Å². The van der Waals surface area contributed by atoms with E-state index in [2.05, 4.69) is 15.9 Å². The SMILES string of the molecule is O=c1c2cccc(Br)c2n2c3c(sc4ccccc43)c(=O)n12. The Balaban J connectivity index is 2.29. The molecule has 22 heavy (non-hydrogen) atoms. The largest absolute Gasteiger partial charge is 0.292 e. The number of hydrogen-bond acceptors (Lipinski definition) is 3. The van der Waals surface area contributed by atoms with Gasteiger partial charge in [-0.15, -0.1) is 11.3 Å². The highest BCUT2D eigenvalue weighted by atomic mass is 79.9. The molecule has 0 bridgehead atoms. The Kier molecular flexibility index (Phi) is 2.23. The van der Waals surface area contributed by atoms with Crippen LogP contribution in [0.3, 0.4) is 0 Å². The van der Waals surface area contributed by atoms with Gasteiger partial charge < -0.3 is 0 Å². The molecule has 0 saturated carbocycles. The van der Waals surface area contributed by atoms with Gasteiger partial charge in [0, 0.05) is 14.6 Å². The van der Waals surface area contributed by atoms with Crippen LogP contribution in [0.4, 0.5) is 0 Å². The summed E-state index contributed by atoms with van der Waals surface area (Å²) in [4.78, 5) is 25.3. The van der Waals surface area contributed by atoms with Crippen molar-refractivity contribution in [2.75, 3.05) is 0 Å². The molecule has 0 aliphatic rings. The summed E-state index contributed by atoms with van der Waals surface area (Å²) in [6.45, 7) is 0. The highest BCUT2D eigenvalue weighted by Gasteiger charge is 2.21. The van der Waals surface area contributed by atoms with Crippen LogP contribution >= 0.6 is 27.3 Å². The number of thiophene rings is 1. The molecule has 0 saturated heterocycles. The minimum atomic E-state index is -0.270. The summed E-state index contributed by atoms with van der Waals surface area (Å²) < 4.78 is 5.46. The molecule has 0 aliphatic heterocycles. The van der Waals surface area contributed by atoms with Crippen molar-refractivity contribution in [3.8, 4) is 0 Å². The number of rotatable bonds is 0. The maximum absolute atomic E-state index is 12.7. The topological polar surface area (TPSA) is 43.0 Å². The molecule has 106 valence electrons. The lowest BCUT2D eigenvalue weighted by molar-refractivity contribution is 0.842. The minimum Gasteiger partial charge on any atom is -0.267 e. The van der Waals surface area contributed by atoms with Crippen LogP contribution in [0.15, 0.2) is 56.5 Å². The summed E-state index contributed by atoms with van der Waals surface area (Å²) in [5, 5.41) is 1.54. The molecular formula is C16H7BrN2O2S. The fraction of sp³-hybridized carbons (Fsp3) is 0. The molecule has 0 N–H and O–H groups in total. The molecule has 6 heteroatoms. The fourth-order valence-electron chi connectivity index (χ4n) is 3.09. The summed E-state index contributed by atoms with van der Waals surface area (Å²) in [7, 11) is 0. The van der Waals surface area contributed by atoms with Crippen LogP contribution < -0.4 is 11.1 Å². The lowest BCUT2D eigenvalue weighted by Crippen LogP contribution is -2.21. The lowest BCUT2D eigenvalue weighted by atomic mass is 10.2. The van der Waals surface area contributed by atoms with E-state index in [1.165, 1.54) is 15.9 Å². The third-order valence-corrected chi connectivity index (χ3v) is 5.78. The van der Waals surface area contributed by atoms with Gasteiger partial charge in [0.25, 0.3) is 11.1 Å². The van der Waals surface area contributed by atoms with E-state index in [1.54, 1.807) is 16.6 Å². The molecule has 0 fully saturated rings. The Labute approximate surface area is 135 Å². The van der Waals surface area contributed by atoms with Gasteiger partial charge in [-0.25, -0.2) is 4.52 Å². The first-order valence-electron chi connectivity index (χ1n) is 6.67. The Morgan fingerprint density at radius 2 is 1.59 bits per heavy atom. The van der Waals surface area contributed by atoms with Gasteiger partial charge in [-0.2, -0.15) is 4.52 Å². The lowest BCUT2D eigenvalue weighted by Gasteiger charge is -1.97. The number of aromatic nitrogens is 2. The number of halogens is 1. The van der Waals surface area contributed by atoms with E-state index in [9.17, 15) is 9.59 Å². The minimum absolute atomic E-state index is 0.246. The molecule has 3 aromatic heterocycles. The second kappa shape index (κ2) is 3.97. The van der Waals surface area contributed by atoms with E-state index in [-0.39, 0.29) is 11.1 Å². The number of benzene rings is 2. The first kappa shape index (κ1) is 12.4. The quantitative estimate of drug-likeness (QED) is 0.418. The summed E-state index contributed by atoms with van der Waals surface area (Å²) in [6.07, 6.45) is 0. The van der Waals surface area contributed by atoms with E-state index in [4.69, 9.17) is 0 Å². The Bertz CT molecular complexity index is 1330. The number of hydrogen-bond donors (Lipinski definition) is 0. The van der Waals surface area contributed by atoms with Crippen molar-refractivity contribution in [3.05, 3.63) is 67.6 Å². The number of nitrogens with zero attached hydrogens (tertiary/aromatic N) is 2. The Morgan fingerprint density at radius 1 is 0.818 bits per heavy atom. The molecule has 0 spiro atoms. The van der Waals surface area contributed by atoms with Gasteiger partial charge in [0.2, 0.25) is 0 Å². The van der Waals surface area contributed by atoms with Crippen LogP contribution in [0.5, 0.6) is 0 Å². The zero-order valence-electron chi connectivity index (χ0n) is 11.0. The highest BCUT2D eigenvalue weighted by Crippen LogP contribution is 2.34. The van der Waals surface area contributed by atoms with Crippen LogP contribution in [0.2, 0.25) is 0 Å². The van der Waals surface area contributed by atoms with Crippen molar-refractivity contribution < 1.29 is 0 Å². The second-order valence-electron chi connectivity index (χ2n) is 5.15. The van der Waals surface area contributed by atoms with Crippen LogP contribution in [-0.2, 0) is 0 Å². The van der Waals surface area contributed by atoms with E-state index in [0.29, 0.717) is 10.1 Å². The first-order valence-corrected chi connectivity index (χ1v) is 8.28. The van der Waals surface area contributed by atoms with Gasteiger partial charge in [0.1, 0.15) is 4.70 Å². The molecule has 0 radical (unpaired) electrons. The standard InChI is InChI=1S/C16H7BrN2O2S/c17-10-6-3-5-9-12(10)18-13-8-4-1-2-7-11(8)22-14(13)16(21)19(18)15(9)20/h1-7H. The Hall–Kier alpha value is -2.18. The molecule has 5 rings (SSSR count). The maximum atomic E-state index is 12.7. The van der Waals surface area contributed by atoms with Crippen LogP contribution in [0.25, 0.3) is 31.2 Å². The van der Waals surface area contributed by atoms with Gasteiger partial charge in [-0.05, 0) is 34.1 Å². The van der Waals surface area contributed by atoms with Gasteiger partial charge in [-0.3, -0.25) is 9.59 Å². The van der Waals surface area contributed by atoms with E-state index < -0.39 is 0 Å². The zero-order chi connectivity index (χ0) is 15.0. The van der Waals surface area contributed by atoms with Gasteiger partial charge in [0.15, 0.2) is 0 Å². The van der Waals surface area contributed by atoms with E-state index >= 15 is 0 Å². The molecular weight excluding hydrogens is 364 g/mol. The predicted octanol–water partition coefficient (Wildman–Crippen LogP) is 3.48. The second-order valence-corrected chi connectivity index (χ2v) is 7.05. The van der Waals surface area contributed by atoms with Crippen molar-refractivity contribution in [1.82, 2.24) is 9.03 Å². The number of fused-ring (bicyclic) bond motifs is 7. The van der Waals surface area contributed by atoms with Crippen molar-refractivity contribution in [2.45, 2.75) is 0 Å². The van der Waals surface area contributed by atoms with Crippen molar-refractivity contribution in [1.29, 1.82) is 0 Å². The average Bonchev–Trinajstić information content (AvgIpc) is 3.11. The molecule has 0 atom stereocenters. The maximum Gasteiger partial charge on any atom is 0.292 e. The smallest absolute Gasteiger partial charge is 0.267 e. The molecule has 0 amide bonds. The summed E-state index contributed by atoms with van der Waals surface area (Å²) in [5.41, 5.74) is 1.03. The summed E-state index contributed by atoms with van der Waals surface area (Å²) >= 11 is 4.94. The normalized spacial score (nSPS) is 12.2. The van der Waals surface area contributed by atoms with Crippen LogP contribution in [-0.4, -0.2) is 9.03 Å². The van der Waals surface area contributed by atoms with Crippen molar-refractivity contribution in [2.24, 2.45) is 0 Å². The summed E-state index contributed by atoms with van der Waals surface area (Å²) in [6, 6.07) is 13.3. The number of para-hydroxylation sites is 1. The third-order valence-electron chi connectivity index (χ3n) is 3.99. The zero-order valence-corrected chi connectivity index (χ0v) is 13.4. The van der Waals surface area contributed by atoms with Gasteiger partial charge >= 0.3 is 0 Å². The predicted molar refractivity (Wildman–Crippen MR) is 92.7 cm³/mol. The van der Waals surface area contributed by atoms with Crippen molar-refractivity contribution in [3.63, 3.8) is 0 Å². The fourth-order valence-corrected chi connectivity index (χ4v) is 4.73. The molecule has 2 aromatic carbocycles. The first-order chi connectivity index (χ1) is 10.7.